The molecule has 1 fully saturated rings. The van der Waals surface area contributed by atoms with Crippen molar-refractivity contribution >= 4 is 12.0 Å². The number of carbonyl (C=O) groups is 1. The Bertz CT molecular complexity index is 438. The number of quaternary nitrogens is 1. The van der Waals surface area contributed by atoms with Crippen LogP contribution in [0, 0.1) is 0 Å². The molecule has 4 heteroatoms. The van der Waals surface area contributed by atoms with Crippen molar-refractivity contribution < 1.29 is 19.2 Å². The van der Waals surface area contributed by atoms with E-state index in [4.69, 9.17) is 9.47 Å². The highest BCUT2D eigenvalue weighted by molar-refractivity contribution is 5.87. The molecule has 1 atom stereocenters. The van der Waals surface area contributed by atoms with Crippen molar-refractivity contribution in [2.75, 3.05) is 32.8 Å². The van der Waals surface area contributed by atoms with Crippen LogP contribution in [0.1, 0.15) is 12.5 Å². The smallest absolute Gasteiger partial charge is 0.331 e. The molecule has 1 aromatic carbocycles. The monoisotopic (exact) mass is 276 g/mol. The summed E-state index contributed by atoms with van der Waals surface area (Å²) in [6.45, 7) is 6.35. The molecule has 0 saturated carbocycles. The number of nitrogens with one attached hydrogen (secondary N) is 1. The fourth-order valence-corrected chi connectivity index (χ4v) is 2.28. The molecule has 1 heterocycles. The molecule has 1 N–H and O–H groups in total. The fourth-order valence-electron chi connectivity index (χ4n) is 2.28. The molecule has 1 aliphatic heterocycles. The number of benzene rings is 1. The largest absolute Gasteiger partial charge is 0.454 e. The van der Waals surface area contributed by atoms with Gasteiger partial charge in [0.2, 0.25) is 0 Å². The average Bonchev–Trinajstić information content (AvgIpc) is 2.47. The summed E-state index contributed by atoms with van der Waals surface area (Å²) in [6.07, 6.45) is 3.19. The van der Waals surface area contributed by atoms with E-state index in [0.717, 1.165) is 38.4 Å². The van der Waals surface area contributed by atoms with E-state index in [1.165, 1.54) is 11.0 Å². The molecule has 1 saturated heterocycles. The third kappa shape index (κ3) is 5.15. The third-order valence-electron chi connectivity index (χ3n) is 3.30. The van der Waals surface area contributed by atoms with Gasteiger partial charge in [-0.2, -0.15) is 0 Å². The van der Waals surface area contributed by atoms with Crippen LogP contribution in [0.15, 0.2) is 36.4 Å². The maximum Gasteiger partial charge on any atom is 0.331 e. The topological polar surface area (TPSA) is 40.0 Å². The first-order valence-corrected chi connectivity index (χ1v) is 7.09. The van der Waals surface area contributed by atoms with Gasteiger partial charge in [0.25, 0.3) is 0 Å². The van der Waals surface area contributed by atoms with Crippen LogP contribution < -0.4 is 4.90 Å². The molecule has 20 heavy (non-hydrogen) atoms. The number of carbonyl (C=O) groups excluding carboxylic acids is 1. The van der Waals surface area contributed by atoms with Crippen molar-refractivity contribution in [1.82, 2.24) is 0 Å². The second kappa shape index (κ2) is 7.82. The summed E-state index contributed by atoms with van der Waals surface area (Å²) in [5, 5.41) is 0. The van der Waals surface area contributed by atoms with E-state index in [0.29, 0.717) is 0 Å². The van der Waals surface area contributed by atoms with Crippen LogP contribution in [-0.2, 0) is 14.3 Å². The maximum absolute atomic E-state index is 11.7. The second-order valence-electron chi connectivity index (χ2n) is 5.06. The van der Waals surface area contributed by atoms with Gasteiger partial charge in [-0.3, -0.25) is 0 Å². The van der Waals surface area contributed by atoms with Crippen LogP contribution in [0.5, 0.6) is 0 Å². The van der Waals surface area contributed by atoms with Crippen LogP contribution in [0.2, 0.25) is 0 Å². The minimum Gasteiger partial charge on any atom is -0.454 e. The predicted octanol–water partition coefficient (Wildman–Crippen LogP) is 0.547. The van der Waals surface area contributed by atoms with Crippen molar-refractivity contribution in [3.63, 3.8) is 0 Å². The predicted molar refractivity (Wildman–Crippen MR) is 77.4 cm³/mol. The third-order valence-corrected chi connectivity index (χ3v) is 3.30. The summed E-state index contributed by atoms with van der Waals surface area (Å²) in [5.41, 5.74) is 0.996. The lowest BCUT2D eigenvalue weighted by Gasteiger charge is -2.25. The molecular weight excluding hydrogens is 254 g/mol. The van der Waals surface area contributed by atoms with Crippen molar-refractivity contribution in [3.8, 4) is 0 Å². The van der Waals surface area contributed by atoms with Crippen LogP contribution >= 0.6 is 0 Å². The number of hydrogen-bond donors (Lipinski definition) is 1. The second-order valence-corrected chi connectivity index (χ2v) is 5.06. The van der Waals surface area contributed by atoms with E-state index in [2.05, 4.69) is 0 Å². The van der Waals surface area contributed by atoms with Gasteiger partial charge in [0.15, 0.2) is 0 Å². The van der Waals surface area contributed by atoms with Gasteiger partial charge in [0, 0.05) is 6.08 Å². The summed E-state index contributed by atoms with van der Waals surface area (Å²) < 4.78 is 10.7. The number of hydrogen-bond acceptors (Lipinski definition) is 3. The van der Waals surface area contributed by atoms with Crippen molar-refractivity contribution in [3.05, 3.63) is 42.0 Å². The van der Waals surface area contributed by atoms with Gasteiger partial charge in [-0.05, 0) is 18.6 Å². The molecule has 0 amide bonds. The quantitative estimate of drug-likeness (QED) is 0.630. The lowest BCUT2D eigenvalue weighted by Crippen LogP contribution is -3.15. The van der Waals surface area contributed by atoms with Crippen molar-refractivity contribution in [2.45, 2.75) is 13.0 Å². The minimum absolute atomic E-state index is 0.0731. The molecule has 0 radical (unpaired) electrons. The zero-order chi connectivity index (χ0) is 14.2. The molecule has 4 nitrogen and oxygen atoms in total. The summed E-state index contributed by atoms with van der Waals surface area (Å²) in [5.74, 6) is -0.283. The number of esters is 1. The Kier molecular flexibility index (Phi) is 5.77. The molecule has 1 aromatic rings. The lowest BCUT2D eigenvalue weighted by molar-refractivity contribution is -0.910. The van der Waals surface area contributed by atoms with Crippen LogP contribution in [0.25, 0.3) is 6.08 Å². The summed E-state index contributed by atoms with van der Waals surface area (Å²) in [6, 6.07) is 9.73. The molecular formula is C16H22NO3+. The molecule has 0 spiro atoms. The Hall–Kier alpha value is -1.65. The van der Waals surface area contributed by atoms with Gasteiger partial charge < -0.3 is 14.4 Å². The highest BCUT2D eigenvalue weighted by Gasteiger charge is 2.18. The number of rotatable bonds is 5. The molecule has 0 bridgehead atoms. The van der Waals surface area contributed by atoms with Crippen LogP contribution in [0.3, 0.4) is 0 Å². The molecule has 0 aliphatic carbocycles. The molecule has 0 unspecified atom stereocenters. The van der Waals surface area contributed by atoms with Crippen molar-refractivity contribution in [1.29, 1.82) is 0 Å². The summed E-state index contributed by atoms with van der Waals surface area (Å²) >= 11 is 0. The Labute approximate surface area is 120 Å². The Morgan fingerprint density at radius 2 is 2.05 bits per heavy atom. The van der Waals surface area contributed by atoms with Gasteiger partial charge in [-0.1, -0.05) is 30.3 Å². The van der Waals surface area contributed by atoms with E-state index in [-0.39, 0.29) is 12.1 Å². The van der Waals surface area contributed by atoms with Gasteiger partial charge in [0.1, 0.15) is 25.7 Å². The van der Waals surface area contributed by atoms with Crippen LogP contribution in [0.4, 0.5) is 0 Å². The Balaban J connectivity index is 1.74. The zero-order valence-corrected chi connectivity index (χ0v) is 11.9. The van der Waals surface area contributed by atoms with E-state index < -0.39 is 0 Å². The van der Waals surface area contributed by atoms with E-state index in [9.17, 15) is 4.79 Å². The van der Waals surface area contributed by atoms with E-state index in [1.807, 2.05) is 37.3 Å². The highest BCUT2D eigenvalue weighted by atomic mass is 16.5. The standard InChI is InChI=1S/C16H21NO3/c1-14(13-17-9-11-19-12-10-17)20-16(18)8-7-15-5-3-2-4-6-15/h2-8,14H,9-13H2,1H3/p+1/b8-7+/t14-/m0/s1. The normalized spacial score (nSPS) is 18.1. The van der Waals surface area contributed by atoms with Gasteiger partial charge in [-0.15, -0.1) is 0 Å². The first-order chi connectivity index (χ1) is 9.74. The maximum atomic E-state index is 11.7. The molecule has 1 aliphatic rings. The fraction of sp³-hybridized carbons (Fsp3) is 0.438. The summed E-state index contributed by atoms with van der Waals surface area (Å²) in [7, 11) is 0. The minimum atomic E-state index is -0.283. The average molecular weight is 276 g/mol. The first kappa shape index (κ1) is 14.8. The van der Waals surface area contributed by atoms with Crippen LogP contribution in [-0.4, -0.2) is 44.9 Å². The Morgan fingerprint density at radius 3 is 2.75 bits per heavy atom. The first-order valence-electron chi connectivity index (χ1n) is 7.09. The SMILES string of the molecule is C[C@@H](C[NH+]1CCOCC1)OC(=O)/C=C/c1ccccc1. The number of ether oxygens (including phenoxy) is 2. The van der Waals surface area contributed by atoms with E-state index in [1.54, 1.807) is 6.08 Å². The van der Waals surface area contributed by atoms with Crippen molar-refractivity contribution in [2.24, 2.45) is 0 Å². The highest BCUT2D eigenvalue weighted by Crippen LogP contribution is 2.01. The molecule has 108 valence electrons. The number of morpholine rings is 1. The van der Waals surface area contributed by atoms with E-state index >= 15 is 0 Å². The Morgan fingerprint density at radius 1 is 1.35 bits per heavy atom. The van der Waals surface area contributed by atoms with Gasteiger partial charge in [-0.25, -0.2) is 4.79 Å². The molecule has 2 rings (SSSR count). The van der Waals surface area contributed by atoms with Gasteiger partial charge in [0.05, 0.1) is 13.2 Å². The lowest BCUT2D eigenvalue weighted by atomic mass is 10.2. The van der Waals surface area contributed by atoms with Gasteiger partial charge >= 0.3 is 5.97 Å². The summed E-state index contributed by atoms with van der Waals surface area (Å²) in [4.78, 5) is 13.2. The molecule has 0 aromatic heterocycles. The zero-order valence-electron chi connectivity index (χ0n) is 11.9.